The Kier molecular flexibility index (Phi) is 6.11. The summed E-state index contributed by atoms with van der Waals surface area (Å²) < 4.78 is 5.30. The molecule has 1 unspecified atom stereocenters. The van der Waals surface area contributed by atoms with Crippen LogP contribution in [0.25, 0.3) is 0 Å². The standard InChI is InChI=1S/C7H18Cl2OSi2/c1-7(11(3)4,12(8)9)5-6-10-2/h11-12H,5-6H2,1-4H3. The van der Waals surface area contributed by atoms with Crippen LogP contribution in [0.2, 0.25) is 17.8 Å². The van der Waals surface area contributed by atoms with Crippen molar-refractivity contribution in [1.29, 1.82) is 0 Å². The maximum absolute atomic E-state index is 6.10. The van der Waals surface area contributed by atoms with Crippen LogP contribution in [0.1, 0.15) is 13.3 Å². The lowest BCUT2D eigenvalue weighted by atomic mass is 10.3. The van der Waals surface area contributed by atoms with Crippen molar-refractivity contribution in [3.63, 3.8) is 0 Å². The molecule has 74 valence electrons. The number of hydrogen-bond acceptors (Lipinski definition) is 1. The SMILES string of the molecule is COCCC(C)([SiH](C)C)[SiH](Cl)Cl. The summed E-state index contributed by atoms with van der Waals surface area (Å²) in [6.45, 7) is 7.62. The molecule has 0 N–H and O–H groups in total. The van der Waals surface area contributed by atoms with E-state index in [1.54, 1.807) is 7.11 Å². The van der Waals surface area contributed by atoms with Crippen LogP contribution in [0, 0.1) is 0 Å². The van der Waals surface area contributed by atoms with E-state index in [0.717, 1.165) is 13.0 Å². The van der Waals surface area contributed by atoms with Crippen LogP contribution in [0.3, 0.4) is 0 Å². The van der Waals surface area contributed by atoms with Crippen molar-refractivity contribution in [3.8, 4) is 0 Å². The van der Waals surface area contributed by atoms with Gasteiger partial charge >= 0.3 is 0 Å². The lowest BCUT2D eigenvalue weighted by Gasteiger charge is -2.33. The van der Waals surface area contributed by atoms with Crippen molar-refractivity contribution in [2.24, 2.45) is 0 Å². The Hall–Kier alpha value is 0.974. The normalized spacial score (nSPS) is 17.0. The third-order valence-corrected chi connectivity index (χ3v) is 14.1. The van der Waals surface area contributed by atoms with Crippen molar-refractivity contribution >= 4 is 38.4 Å². The quantitative estimate of drug-likeness (QED) is 0.534. The molecule has 0 aromatic carbocycles. The van der Waals surface area contributed by atoms with E-state index in [1.807, 2.05) is 0 Å². The van der Waals surface area contributed by atoms with Crippen LogP contribution in [-0.4, -0.2) is 29.9 Å². The predicted molar refractivity (Wildman–Crippen MR) is 62.6 cm³/mol. The summed E-state index contributed by atoms with van der Waals surface area (Å²) in [6.07, 6.45) is 1.03. The lowest BCUT2D eigenvalue weighted by Crippen LogP contribution is -2.34. The molecule has 0 aliphatic carbocycles. The fourth-order valence-electron chi connectivity index (χ4n) is 0.972. The number of ether oxygens (including phenoxy) is 1. The van der Waals surface area contributed by atoms with E-state index in [4.69, 9.17) is 26.9 Å². The van der Waals surface area contributed by atoms with E-state index in [0.29, 0.717) is 0 Å². The second-order valence-corrected chi connectivity index (χ2v) is 13.2. The topological polar surface area (TPSA) is 9.23 Å². The molecule has 0 rings (SSSR count). The van der Waals surface area contributed by atoms with E-state index in [2.05, 4.69) is 20.0 Å². The largest absolute Gasteiger partial charge is 0.385 e. The zero-order valence-corrected chi connectivity index (χ0v) is 12.1. The highest BCUT2D eigenvalue weighted by Crippen LogP contribution is 2.40. The van der Waals surface area contributed by atoms with Crippen LogP contribution >= 0.6 is 22.2 Å². The third kappa shape index (κ3) is 3.38. The van der Waals surface area contributed by atoms with Gasteiger partial charge in [-0.3, -0.25) is 0 Å². The van der Waals surface area contributed by atoms with E-state index in [-0.39, 0.29) is 4.66 Å². The molecule has 5 heteroatoms. The summed E-state index contributed by atoms with van der Waals surface area (Å²) in [6, 6.07) is 0. The Morgan fingerprint density at radius 2 is 1.83 bits per heavy atom. The van der Waals surface area contributed by atoms with Crippen LogP contribution in [0.4, 0.5) is 0 Å². The van der Waals surface area contributed by atoms with Gasteiger partial charge in [-0.05, 0) is 11.1 Å². The zero-order chi connectivity index (χ0) is 9.78. The summed E-state index contributed by atoms with van der Waals surface area (Å²) in [7, 11) is -0.612. The first-order chi connectivity index (χ1) is 5.45. The molecule has 0 amide bonds. The second kappa shape index (κ2) is 5.65. The van der Waals surface area contributed by atoms with E-state index in [9.17, 15) is 0 Å². The maximum Gasteiger partial charge on any atom is 0.240 e. The van der Waals surface area contributed by atoms with Gasteiger partial charge in [0.1, 0.15) is 0 Å². The van der Waals surface area contributed by atoms with Gasteiger partial charge in [0.05, 0.1) is 0 Å². The van der Waals surface area contributed by atoms with Gasteiger partial charge in [-0.25, -0.2) is 0 Å². The van der Waals surface area contributed by atoms with Crippen molar-refractivity contribution in [3.05, 3.63) is 0 Å². The molecular weight excluding hydrogens is 227 g/mol. The Morgan fingerprint density at radius 1 is 1.33 bits per heavy atom. The minimum atomic E-state index is -1.56. The number of rotatable bonds is 5. The zero-order valence-electron chi connectivity index (χ0n) is 8.23. The fourth-order valence-corrected chi connectivity index (χ4v) is 9.21. The molecule has 0 aromatic rings. The van der Waals surface area contributed by atoms with Gasteiger partial charge in [0.15, 0.2) is 0 Å². The molecule has 0 aromatic heterocycles. The second-order valence-electron chi connectivity index (χ2n) is 3.70. The van der Waals surface area contributed by atoms with Crippen LogP contribution < -0.4 is 0 Å². The van der Waals surface area contributed by atoms with Gasteiger partial charge in [0.25, 0.3) is 0 Å². The van der Waals surface area contributed by atoms with E-state index in [1.165, 1.54) is 0 Å². The van der Waals surface area contributed by atoms with Gasteiger partial charge in [-0.1, -0.05) is 20.0 Å². The summed E-state index contributed by atoms with van der Waals surface area (Å²) in [4.78, 5) is 0. The maximum atomic E-state index is 6.10. The highest BCUT2D eigenvalue weighted by atomic mass is 35.7. The van der Waals surface area contributed by atoms with E-state index < -0.39 is 16.2 Å². The third-order valence-electron chi connectivity index (χ3n) is 2.66. The summed E-state index contributed by atoms with van der Waals surface area (Å²) in [5, 5.41) is 0. The molecule has 0 saturated carbocycles. The van der Waals surface area contributed by atoms with Gasteiger partial charge in [-0.2, -0.15) is 22.2 Å². The first kappa shape index (κ1) is 13.0. The highest BCUT2D eigenvalue weighted by molar-refractivity contribution is 7.37. The Bertz CT molecular complexity index is 123. The van der Waals surface area contributed by atoms with Gasteiger partial charge in [0, 0.05) is 22.5 Å². The minimum Gasteiger partial charge on any atom is -0.385 e. The molecule has 0 aliphatic heterocycles. The smallest absolute Gasteiger partial charge is 0.240 e. The molecular formula is C7H18Cl2OSi2. The van der Waals surface area contributed by atoms with Crippen molar-refractivity contribution in [2.75, 3.05) is 13.7 Å². The van der Waals surface area contributed by atoms with Gasteiger partial charge < -0.3 is 4.74 Å². The molecule has 0 aliphatic rings. The summed E-state index contributed by atoms with van der Waals surface area (Å²) in [5.41, 5.74) is 0. The first-order valence-corrected chi connectivity index (χ1v) is 11.2. The predicted octanol–water partition coefficient (Wildman–Crippen LogP) is 2.51. The average molecular weight is 245 g/mol. The van der Waals surface area contributed by atoms with Gasteiger partial charge in [0.2, 0.25) is 7.42 Å². The molecule has 0 heterocycles. The number of hydrogen-bond donors (Lipinski definition) is 0. The molecule has 1 atom stereocenters. The fraction of sp³-hybridized carbons (Fsp3) is 1.00. The molecule has 0 spiro atoms. The molecule has 12 heavy (non-hydrogen) atoms. The van der Waals surface area contributed by atoms with Crippen LogP contribution in [-0.2, 0) is 4.74 Å². The minimum absolute atomic E-state index is 0.235. The monoisotopic (exact) mass is 244 g/mol. The van der Waals surface area contributed by atoms with Crippen LogP contribution in [0.15, 0.2) is 0 Å². The van der Waals surface area contributed by atoms with Crippen LogP contribution in [0.5, 0.6) is 0 Å². The lowest BCUT2D eigenvalue weighted by molar-refractivity contribution is 0.190. The number of methoxy groups -OCH3 is 1. The molecule has 1 nitrogen and oxygen atoms in total. The first-order valence-electron chi connectivity index (χ1n) is 4.22. The average Bonchev–Trinajstić information content (AvgIpc) is 1.99. The van der Waals surface area contributed by atoms with Crippen molar-refractivity contribution in [2.45, 2.75) is 31.1 Å². The Labute approximate surface area is 88.0 Å². The van der Waals surface area contributed by atoms with Crippen molar-refractivity contribution in [1.82, 2.24) is 0 Å². The molecule has 0 bridgehead atoms. The summed E-state index contributed by atoms with van der Waals surface area (Å²) in [5.74, 6) is 0. The van der Waals surface area contributed by atoms with Crippen molar-refractivity contribution < 1.29 is 4.74 Å². The molecule has 0 radical (unpaired) electrons. The summed E-state index contributed by atoms with van der Waals surface area (Å²) >= 11 is 12.2. The molecule has 0 fully saturated rings. The molecule has 0 saturated heterocycles. The Balaban J connectivity index is 4.19. The Morgan fingerprint density at radius 3 is 2.08 bits per heavy atom. The highest BCUT2D eigenvalue weighted by Gasteiger charge is 2.36. The van der Waals surface area contributed by atoms with E-state index >= 15 is 0 Å². The van der Waals surface area contributed by atoms with Gasteiger partial charge in [-0.15, -0.1) is 0 Å². The number of halogens is 2.